The van der Waals surface area contributed by atoms with E-state index >= 15 is 0 Å². The summed E-state index contributed by atoms with van der Waals surface area (Å²) in [7, 11) is 1.34. The summed E-state index contributed by atoms with van der Waals surface area (Å²) in [6, 6.07) is 19.2. The van der Waals surface area contributed by atoms with Crippen molar-refractivity contribution in [3.8, 4) is 0 Å². The second-order valence-corrected chi connectivity index (χ2v) is 7.13. The van der Waals surface area contributed by atoms with E-state index in [4.69, 9.17) is 4.74 Å². The summed E-state index contributed by atoms with van der Waals surface area (Å²) in [6.07, 6.45) is 0.272. The van der Waals surface area contributed by atoms with Crippen molar-refractivity contribution in [2.45, 2.75) is 6.42 Å². The molecule has 0 aliphatic carbocycles. The van der Waals surface area contributed by atoms with Crippen LogP contribution in [-0.4, -0.2) is 24.0 Å². The van der Waals surface area contributed by atoms with Crippen LogP contribution in [0.5, 0.6) is 0 Å². The first-order valence-corrected chi connectivity index (χ1v) is 9.20. The first kappa shape index (κ1) is 17.2. The topological polar surface area (TPSA) is 68.3 Å². The first-order valence-electron chi connectivity index (χ1n) is 8.39. The Morgan fingerprint density at radius 1 is 1.04 bits per heavy atom. The van der Waals surface area contributed by atoms with E-state index in [2.05, 4.69) is 10.3 Å². The van der Waals surface area contributed by atoms with Crippen LogP contribution < -0.4 is 5.32 Å². The number of fused-ring (bicyclic) bond motifs is 2. The molecule has 1 heterocycles. The fraction of sp³-hybridized carbons (Fsp3) is 0.0952. The highest BCUT2D eigenvalue weighted by molar-refractivity contribution is 7.22. The van der Waals surface area contributed by atoms with Gasteiger partial charge in [0.25, 0.3) is 0 Å². The molecule has 0 aliphatic heterocycles. The molecule has 0 fully saturated rings. The SMILES string of the molecule is COC(=O)c1ccc2nc(NC(=O)Cc3ccc4ccccc4c3)sc2c1. The lowest BCUT2D eigenvalue weighted by molar-refractivity contribution is -0.115. The molecular weight excluding hydrogens is 360 g/mol. The zero-order chi connectivity index (χ0) is 18.8. The van der Waals surface area contributed by atoms with Gasteiger partial charge in [-0.15, -0.1) is 0 Å². The molecule has 4 rings (SSSR count). The minimum absolute atomic E-state index is 0.127. The zero-order valence-corrected chi connectivity index (χ0v) is 15.4. The highest BCUT2D eigenvalue weighted by atomic mass is 32.1. The molecule has 0 unspecified atom stereocenters. The van der Waals surface area contributed by atoms with Gasteiger partial charge in [-0.05, 0) is 34.5 Å². The van der Waals surface area contributed by atoms with E-state index in [0.29, 0.717) is 10.7 Å². The number of methoxy groups -OCH3 is 1. The van der Waals surface area contributed by atoms with Crippen LogP contribution in [0, 0.1) is 0 Å². The van der Waals surface area contributed by atoms with Gasteiger partial charge in [0.15, 0.2) is 5.13 Å². The molecule has 27 heavy (non-hydrogen) atoms. The maximum absolute atomic E-state index is 12.4. The third-order valence-electron chi connectivity index (χ3n) is 4.23. The van der Waals surface area contributed by atoms with Gasteiger partial charge in [-0.25, -0.2) is 9.78 Å². The Labute approximate surface area is 159 Å². The average Bonchev–Trinajstić information content (AvgIpc) is 3.08. The predicted octanol–water partition coefficient (Wildman–Crippen LogP) is 4.42. The summed E-state index contributed by atoms with van der Waals surface area (Å²) in [5.41, 5.74) is 2.14. The fourth-order valence-corrected chi connectivity index (χ4v) is 3.84. The first-order chi connectivity index (χ1) is 13.1. The van der Waals surface area contributed by atoms with Crippen LogP contribution in [0.3, 0.4) is 0 Å². The van der Waals surface area contributed by atoms with Crippen molar-refractivity contribution in [3.05, 3.63) is 71.8 Å². The van der Waals surface area contributed by atoms with Crippen LogP contribution in [0.1, 0.15) is 15.9 Å². The molecule has 5 nitrogen and oxygen atoms in total. The highest BCUT2D eigenvalue weighted by Gasteiger charge is 2.12. The molecule has 0 aliphatic rings. The van der Waals surface area contributed by atoms with E-state index in [1.165, 1.54) is 18.4 Å². The van der Waals surface area contributed by atoms with Gasteiger partial charge in [0.2, 0.25) is 5.91 Å². The van der Waals surface area contributed by atoms with Crippen molar-refractivity contribution in [1.29, 1.82) is 0 Å². The van der Waals surface area contributed by atoms with Crippen molar-refractivity contribution in [1.82, 2.24) is 4.98 Å². The number of rotatable bonds is 4. The largest absolute Gasteiger partial charge is 0.465 e. The summed E-state index contributed by atoms with van der Waals surface area (Å²) in [4.78, 5) is 28.4. The normalized spacial score (nSPS) is 10.9. The van der Waals surface area contributed by atoms with Crippen molar-refractivity contribution >= 4 is 49.3 Å². The molecule has 0 radical (unpaired) electrons. The minimum atomic E-state index is -0.396. The van der Waals surface area contributed by atoms with Gasteiger partial charge in [0.05, 0.1) is 29.3 Å². The molecule has 0 atom stereocenters. The molecule has 0 spiro atoms. The average molecular weight is 376 g/mol. The number of nitrogens with zero attached hydrogens (tertiary/aromatic N) is 1. The van der Waals surface area contributed by atoms with Crippen LogP contribution in [-0.2, 0) is 16.0 Å². The fourth-order valence-electron chi connectivity index (χ4n) is 2.92. The van der Waals surface area contributed by atoms with Crippen LogP contribution in [0.25, 0.3) is 21.0 Å². The molecule has 134 valence electrons. The van der Waals surface area contributed by atoms with Crippen LogP contribution in [0.4, 0.5) is 5.13 Å². The summed E-state index contributed by atoms with van der Waals surface area (Å²) in [5.74, 6) is -0.523. The van der Waals surface area contributed by atoms with Gasteiger partial charge >= 0.3 is 5.97 Å². The number of thiazole rings is 1. The number of anilines is 1. The van der Waals surface area contributed by atoms with Crippen molar-refractivity contribution in [2.75, 3.05) is 12.4 Å². The van der Waals surface area contributed by atoms with Crippen LogP contribution in [0.15, 0.2) is 60.7 Å². The van der Waals surface area contributed by atoms with Gasteiger partial charge in [-0.1, -0.05) is 53.8 Å². The smallest absolute Gasteiger partial charge is 0.337 e. The van der Waals surface area contributed by atoms with E-state index in [1.54, 1.807) is 18.2 Å². The molecule has 1 amide bonds. The van der Waals surface area contributed by atoms with E-state index in [-0.39, 0.29) is 12.3 Å². The number of benzene rings is 3. The Kier molecular flexibility index (Phi) is 4.56. The van der Waals surface area contributed by atoms with Crippen LogP contribution >= 0.6 is 11.3 Å². The number of carbonyl (C=O) groups excluding carboxylic acids is 2. The number of aromatic nitrogens is 1. The van der Waals surface area contributed by atoms with Gasteiger partial charge in [0.1, 0.15) is 0 Å². The molecule has 0 saturated heterocycles. The van der Waals surface area contributed by atoms with E-state index in [0.717, 1.165) is 26.6 Å². The summed E-state index contributed by atoms with van der Waals surface area (Å²) < 4.78 is 5.55. The highest BCUT2D eigenvalue weighted by Crippen LogP contribution is 2.27. The van der Waals surface area contributed by atoms with E-state index in [1.807, 2.05) is 42.5 Å². The van der Waals surface area contributed by atoms with Crippen LogP contribution in [0.2, 0.25) is 0 Å². The third kappa shape index (κ3) is 3.66. The quantitative estimate of drug-likeness (QED) is 0.536. The molecule has 0 bridgehead atoms. The molecule has 4 aromatic rings. The number of nitrogens with one attached hydrogen (secondary N) is 1. The Balaban J connectivity index is 1.50. The van der Waals surface area contributed by atoms with Gasteiger partial charge < -0.3 is 10.1 Å². The molecule has 1 aromatic heterocycles. The number of hydrogen-bond acceptors (Lipinski definition) is 5. The summed E-state index contributed by atoms with van der Waals surface area (Å²) in [6.45, 7) is 0. The molecule has 6 heteroatoms. The number of esters is 1. The summed E-state index contributed by atoms with van der Waals surface area (Å²) in [5, 5.41) is 5.61. The van der Waals surface area contributed by atoms with Gasteiger partial charge in [0, 0.05) is 0 Å². The maximum atomic E-state index is 12.4. The van der Waals surface area contributed by atoms with Crippen molar-refractivity contribution < 1.29 is 14.3 Å². The molecule has 3 aromatic carbocycles. The van der Waals surface area contributed by atoms with Crippen molar-refractivity contribution in [3.63, 3.8) is 0 Å². The van der Waals surface area contributed by atoms with Crippen molar-refractivity contribution in [2.24, 2.45) is 0 Å². The monoisotopic (exact) mass is 376 g/mol. The molecule has 0 saturated carbocycles. The zero-order valence-electron chi connectivity index (χ0n) is 14.6. The Bertz CT molecular complexity index is 1170. The molecule has 1 N–H and O–H groups in total. The van der Waals surface area contributed by atoms with Gasteiger partial charge in [-0.2, -0.15) is 0 Å². The van der Waals surface area contributed by atoms with E-state index in [9.17, 15) is 9.59 Å². The lowest BCUT2D eigenvalue weighted by Crippen LogP contribution is -2.14. The second kappa shape index (κ2) is 7.17. The standard InChI is InChI=1S/C21H16N2O3S/c1-26-20(25)16-8-9-17-18(12-16)27-21(22-17)23-19(24)11-13-6-7-14-4-2-3-5-15(14)10-13/h2-10,12H,11H2,1H3,(H,22,23,24). The minimum Gasteiger partial charge on any atom is -0.465 e. The second-order valence-electron chi connectivity index (χ2n) is 6.10. The maximum Gasteiger partial charge on any atom is 0.337 e. The number of hydrogen-bond donors (Lipinski definition) is 1. The third-order valence-corrected chi connectivity index (χ3v) is 5.17. The Hall–Kier alpha value is -3.25. The van der Waals surface area contributed by atoms with Gasteiger partial charge in [-0.3, -0.25) is 4.79 Å². The summed E-state index contributed by atoms with van der Waals surface area (Å²) >= 11 is 1.33. The Morgan fingerprint density at radius 3 is 2.67 bits per heavy atom. The molecular formula is C21H16N2O3S. The number of amides is 1. The lowest BCUT2D eigenvalue weighted by atomic mass is 10.1. The van der Waals surface area contributed by atoms with E-state index < -0.39 is 5.97 Å². The predicted molar refractivity (Wildman–Crippen MR) is 107 cm³/mol. The number of carbonyl (C=O) groups is 2. The Morgan fingerprint density at radius 2 is 1.85 bits per heavy atom. The number of ether oxygens (including phenoxy) is 1. The lowest BCUT2D eigenvalue weighted by Gasteiger charge is -2.04.